The second-order valence-corrected chi connectivity index (χ2v) is 11.0. The molecular weight excluding hydrogens is 549 g/mol. The van der Waals surface area contributed by atoms with Gasteiger partial charge in [0, 0.05) is 24.5 Å². The molecular formula is C26H27BrFN3O4S. The van der Waals surface area contributed by atoms with Gasteiger partial charge in [0.1, 0.15) is 18.4 Å². The molecule has 3 rings (SSSR count). The molecule has 1 atom stereocenters. The molecule has 190 valence electrons. The minimum atomic E-state index is -4.02. The van der Waals surface area contributed by atoms with Crippen molar-refractivity contribution in [2.24, 2.45) is 0 Å². The van der Waals surface area contributed by atoms with Crippen LogP contribution in [-0.4, -0.2) is 51.0 Å². The first-order valence-corrected chi connectivity index (χ1v) is 13.8. The Kier molecular flexibility index (Phi) is 9.22. The van der Waals surface area contributed by atoms with Gasteiger partial charge in [-0.1, -0.05) is 70.5 Å². The zero-order valence-corrected chi connectivity index (χ0v) is 22.3. The predicted octanol–water partition coefficient (Wildman–Crippen LogP) is 3.74. The Hall–Kier alpha value is -3.24. The summed E-state index contributed by atoms with van der Waals surface area (Å²) in [6.45, 7) is -0.621. The van der Waals surface area contributed by atoms with Crippen molar-refractivity contribution >= 4 is 43.5 Å². The van der Waals surface area contributed by atoms with Gasteiger partial charge in [0.15, 0.2) is 0 Å². The number of carbonyl (C=O) groups excluding carboxylic acids is 2. The molecule has 7 nitrogen and oxygen atoms in total. The van der Waals surface area contributed by atoms with E-state index >= 15 is 0 Å². The van der Waals surface area contributed by atoms with Crippen LogP contribution in [-0.2, 0) is 32.6 Å². The first-order chi connectivity index (χ1) is 17.1. The van der Waals surface area contributed by atoms with Gasteiger partial charge >= 0.3 is 0 Å². The number of hydrogen-bond donors (Lipinski definition) is 1. The maximum atomic E-state index is 14.5. The van der Waals surface area contributed by atoms with Crippen LogP contribution in [0.5, 0.6) is 0 Å². The number of likely N-dealkylation sites (N-methyl/N-ethyl adjacent to an activating group) is 1. The van der Waals surface area contributed by atoms with E-state index < -0.39 is 40.2 Å². The molecule has 2 amide bonds. The molecule has 0 heterocycles. The van der Waals surface area contributed by atoms with Gasteiger partial charge in [0.05, 0.1) is 11.9 Å². The zero-order chi connectivity index (χ0) is 26.3. The third-order valence-electron chi connectivity index (χ3n) is 5.58. The van der Waals surface area contributed by atoms with Crippen molar-refractivity contribution < 1.29 is 22.4 Å². The lowest BCUT2D eigenvalue weighted by molar-refractivity contribution is -0.139. The first-order valence-electron chi connectivity index (χ1n) is 11.1. The number of amides is 2. The van der Waals surface area contributed by atoms with Crippen LogP contribution in [0, 0.1) is 5.82 Å². The van der Waals surface area contributed by atoms with E-state index in [1.165, 1.54) is 30.1 Å². The van der Waals surface area contributed by atoms with Crippen molar-refractivity contribution in [2.75, 3.05) is 24.2 Å². The van der Waals surface area contributed by atoms with Crippen LogP contribution in [0.25, 0.3) is 0 Å². The third-order valence-corrected chi connectivity index (χ3v) is 7.24. The summed E-state index contributed by atoms with van der Waals surface area (Å²) < 4.78 is 41.3. The number of anilines is 1. The number of para-hydroxylation sites is 1. The predicted molar refractivity (Wildman–Crippen MR) is 141 cm³/mol. The monoisotopic (exact) mass is 575 g/mol. The van der Waals surface area contributed by atoms with Gasteiger partial charge in [0.25, 0.3) is 0 Å². The molecule has 3 aromatic carbocycles. The van der Waals surface area contributed by atoms with E-state index in [1.54, 1.807) is 12.1 Å². The van der Waals surface area contributed by atoms with Crippen molar-refractivity contribution in [3.63, 3.8) is 0 Å². The Balaban J connectivity index is 2.03. The van der Waals surface area contributed by atoms with Crippen LogP contribution in [0.15, 0.2) is 83.3 Å². The van der Waals surface area contributed by atoms with Crippen LogP contribution in [0.1, 0.15) is 11.1 Å². The van der Waals surface area contributed by atoms with Crippen LogP contribution in [0.4, 0.5) is 10.1 Å². The molecule has 0 saturated heterocycles. The average Bonchev–Trinajstić information content (AvgIpc) is 2.85. The molecule has 0 spiro atoms. The number of hydrogen-bond acceptors (Lipinski definition) is 4. The summed E-state index contributed by atoms with van der Waals surface area (Å²) >= 11 is 3.38. The van der Waals surface area contributed by atoms with Crippen molar-refractivity contribution in [1.29, 1.82) is 0 Å². The number of rotatable bonds is 10. The van der Waals surface area contributed by atoms with E-state index in [4.69, 9.17) is 0 Å². The number of benzene rings is 3. The van der Waals surface area contributed by atoms with Crippen LogP contribution in [0.2, 0.25) is 0 Å². The summed E-state index contributed by atoms with van der Waals surface area (Å²) in [5.41, 5.74) is 1.33. The van der Waals surface area contributed by atoms with Gasteiger partial charge in [-0.25, -0.2) is 12.8 Å². The van der Waals surface area contributed by atoms with Crippen molar-refractivity contribution in [2.45, 2.75) is 19.0 Å². The Morgan fingerprint density at radius 3 is 2.14 bits per heavy atom. The minimum absolute atomic E-state index is 0.0475. The number of carbonyl (C=O) groups is 2. The van der Waals surface area contributed by atoms with Gasteiger partial charge in [-0.15, -0.1) is 0 Å². The van der Waals surface area contributed by atoms with Crippen molar-refractivity contribution in [3.8, 4) is 0 Å². The number of sulfonamides is 1. The summed E-state index contributed by atoms with van der Waals surface area (Å²) in [5.74, 6) is -1.82. The molecule has 0 radical (unpaired) electrons. The van der Waals surface area contributed by atoms with E-state index in [9.17, 15) is 22.4 Å². The number of nitrogens with zero attached hydrogens (tertiary/aromatic N) is 2. The summed E-state index contributed by atoms with van der Waals surface area (Å²) in [5, 5.41) is 2.61. The Bertz CT molecular complexity index is 1300. The molecule has 0 aliphatic rings. The summed E-state index contributed by atoms with van der Waals surface area (Å²) in [6, 6.07) is 20.9. The molecule has 0 aliphatic heterocycles. The molecule has 0 saturated carbocycles. The van der Waals surface area contributed by atoms with E-state index in [1.807, 2.05) is 42.5 Å². The summed E-state index contributed by atoms with van der Waals surface area (Å²) in [7, 11) is -2.54. The number of halogens is 2. The SMILES string of the molecule is CNC(=O)[C@@H](Cc1ccccc1)N(Cc1ccc(Br)cc1)C(=O)CN(c1ccccc1F)S(C)(=O)=O. The highest BCUT2D eigenvalue weighted by atomic mass is 79.9. The van der Waals surface area contributed by atoms with Crippen LogP contribution >= 0.6 is 15.9 Å². The highest BCUT2D eigenvalue weighted by molar-refractivity contribution is 9.10. The quantitative estimate of drug-likeness (QED) is 0.399. The largest absolute Gasteiger partial charge is 0.357 e. The van der Waals surface area contributed by atoms with Gasteiger partial charge in [-0.05, 0) is 35.4 Å². The second kappa shape index (κ2) is 12.1. The maximum Gasteiger partial charge on any atom is 0.244 e. The van der Waals surface area contributed by atoms with Gasteiger partial charge < -0.3 is 10.2 Å². The van der Waals surface area contributed by atoms with Crippen LogP contribution < -0.4 is 9.62 Å². The molecule has 1 N–H and O–H groups in total. The molecule has 3 aromatic rings. The fourth-order valence-electron chi connectivity index (χ4n) is 3.76. The normalized spacial score (nSPS) is 12.0. The minimum Gasteiger partial charge on any atom is -0.357 e. The zero-order valence-electron chi connectivity index (χ0n) is 19.9. The smallest absolute Gasteiger partial charge is 0.244 e. The van der Waals surface area contributed by atoms with Gasteiger partial charge in [0.2, 0.25) is 21.8 Å². The third kappa shape index (κ3) is 7.14. The number of nitrogens with one attached hydrogen (secondary N) is 1. The van der Waals surface area contributed by atoms with Crippen LogP contribution in [0.3, 0.4) is 0 Å². The Labute approximate surface area is 219 Å². The lowest BCUT2D eigenvalue weighted by Gasteiger charge is -2.33. The molecule has 0 bridgehead atoms. The van der Waals surface area contributed by atoms with Gasteiger partial charge in [-0.2, -0.15) is 0 Å². The Morgan fingerprint density at radius 2 is 1.56 bits per heavy atom. The fraction of sp³-hybridized carbons (Fsp3) is 0.231. The molecule has 0 fully saturated rings. The second-order valence-electron chi connectivity index (χ2n) is 8.19. The molecule has 10 heteroatoms. The summed E-state index contributed by atoms with van der Waals surface area (Å²) in [4.78, 5) is 28.1. The highest BCUT2D eigenvalue weighted by Gasteiger charge is 2.33. The highest BCUT2D eigenvalue weighted by Crippen LogP contribution is 2.23. The lowest BCUT2D eigenvalue weighted by Crippen LogP contribution is -2.53. The summed E-state index contributed by atoms with van der Waals surface area (Å²) in [6.07, 6.45) is 1.12. The standard InChI is InChI=1S/C26H27BrFN3O4S/c1-29-26(33)24(16-19-8-4-3-5-9-19)30(17-20-12-14-21(27)15-13-20)25(32)18-31(36(2,34)35)23-11-7-6-10-22(23)28/h3-15,24H,16-18H2,1-2H3,(H,29,33)/t24-/m1/s1. The van der Waals surface area contributed by atoms with E-state index in [0.717, 1.165) is 32.2 Å². The molecule has 0 unspecified atom stereocenters. The first kappa shape index (κ1) is 27.3. The maximum absolute atomic E-state index is 14.5. The fourth-order valence-corrected chi connectivity index (χ4v) is 4.87. The molecule has 36 heavy (non-hydrogen) atoms. The Morgan fingerprint density at radius 1 is 0.944 bits per heavy atom. The van der Waals surface area contributed by atoms with Gasteiger partial charge in [-0.3, -0.25) is 13.9 Å². The van der Waals surface area contributed by atoms with Crippen molar-refractivity contribution in [1.82, 2.24) is 10.2 Å². The molecule has 0 aromatic heterocycles. The average molecular weight is 576 g/mol. The van der Waals surface area contributed by atoms with E-state index in [2.05, 4.69) is 21.2 Å². The van der Waals surface area contributed by atoms with Crippen molar-refractivity contribution in [3.05, 3.63) is 100 Å². The topological polar surface area (TPSA) is 86.8 Å². The van der Waals surface area contributed by atoms with E-state index in [0.29, 0.717) is 0 Å². The van der Waals surface area contributed by atoms with E-state index in [-0.39, 0.29) is 18.7 Å². The molecule has 0 aliphatic carbocycles. The lowest BCUT2D eigenvalue weighted by atomic mass is 10.0.